The van der Waals surface area contributed by atoms with Crippen LogP contribution in [0.2, 0.25) is 5.02 Å². The van der Waals surface area contributed by atoms with Crippen molar-refractivity contribution in [2.45, 2.75) is 0 Å². The number of halogens is 1. The van der Waals surface area contributed by atoms with Gasteiger partial charge in [-0.1, -0.05) is 11.6 Å². The molecule has 2 N–H and O–H groups in total. The first kappa shape index (κ1) is 20.3. The average molecular weight is 419 g/mol. The summed E-state index contributed by atoms with van der Waals surface area (Å²) in [6, 6.07) is 9.84. The van der Waals surface area contributed by atoms with Crippen molar-refractivity contribution in [1.82, 2.24) is 4.98 Å². The van der Waals surface area contributed by atoms with Gasteiger partial charge in [0.1, 0.15) is 22.9 Å². The lowest BCUT2D eigenvalue weighted by Gasteiger charge is -2.10. The summed E-state index contributed by atoms with van der Waals surface area (Å²) in [6.07, 6.45) is 0. The highest BCUT2D eigenvalue weighted by atomic mass is 35.5. The summed E-state index contributed by atoms with van der Waals surface area (Å²) in [5, 5.41) is 3.74. The number of fused-ring (bicyclic) bond motifs is 1. The minimum atomic E-state index is -0.685. The second-order valence-electron chi connectivity index (χ2n) is 5.95. The number of rotatable bonds is 7. The van der Waals surface area contributed by atoms with Crippen LogP contribution in [0.5, 0.6) is 17.2 Å². The lowest BCUT2D eigenvalue weighted by atomic mass is 10.2. The van der Waals surface area contributed by atoms with E-state index in [2.05, 4.69) is 10.3 Å². The Bertz CT molecular complexity index is 1060. The molecule has 29 heavy (non-hydrogen) atoms. The van der Waals surface area contributed by atoms with E-state index in [-0.39, 0.29) is 5.69 Å². The smallest absolute Gasteiger partial charge is 0.355 e. The van der Waals surface area contributed by atoms with Crippen molar-refractivity contribution in [3.8, 4) is 17.2 Å². The Morgan fingerprint density at radius 1 is 1.00 bits per heavy atom. The number of aromatic amines is 1. The number of aromatic nitrogens is 1. The maximum atomic E-state index is 12.4. The van der Waals surface area contributed by atoms with E-state index in [0.29, 0.717) is 38.9 Å². The number of carbonyl (C=O) groups is 2. The van der Waals surface area contributed by atoms with Gasteiger partial charge in [0, 0.05) is 16.5 Å². The normalized spacial score (nSPS) is 10.5. The number of ether oxygens (including phenoxy) is 4. The van der Waals surface area contributed by atoms with E-state index in [1.54, 1.807) is 30.3 Å². The molecular weight excluding hydrogens is 400 g/mol. The molecule has 0 unspecified atom stereocenters. The topological polar surface area (TPSA) is 98.9 Å². The molecule has 0 radical (unpaired) electrons. The molecule has 0 aliphatic carbocycles. The molecule has 1 aromatic heterocycles. The van der Waals surface area contributed by atoms with Crippen molar-refractivity contribution in [3.63, 3.8) is 0 Å². The number of amides is 1. The first-order chi connectivity index (χ1) is 13.9. The van der Waals surface area contributed by atoms with Gasteiger partial charge >= 0.3 is 5.97 Å². The van der Waals surface area contributed by atoms with Crippen LogP contribution < -0.4 is 19.5 Å². The molecule has 9 heteroatoms. The molecule has 0 spiro atoms. The van der Waals surface area contributed by atoms with Crippen LogP contribution in [-0.4, -0.2) is 44.8 Å². The van der Waals surface area contributed by atoms with Gasteiger partial charge in [0.05, 0.1) is 32.5 Å². The van der Waals surface area contributed by atoms with E-state index in [1.165, 1.54) is 27.4 Å². The zero-order valence-corrected chi connectivity index (χ0v) is 16.8. The third-order valence-corrected chi connectivity index (χ3v) is 4.35. The Morgan fingerprint density at radius 2 is 1.76 bits per heavy atom. The van der Waals surface area contributed by atoms with Crippen LogP contribution in [-0.2, 0) is 9.53 Å². The van der Waals surface area contributed by atoms with Crippen LogP contribution in [0.1, 0.15) is 10.5 Å². The number of carbonyl (C=O) groups excluding carboxylic acids is 2. The molecule has 0 aliphatic heterocycles. The Labute approximate surface area is 171 Å². The maximum absolute atomic E-state index is 12.4. The molecule has 3 aromatic rings. The lowest BCUT2D eigenvalue weighted by molar-refractivity contribution is -0.119. The van der Waals surface area contributed by atoms with Gasteiger partial charge in [-0.15, -0.1) is 0 Å². The molecule has 0 saturated carbocycles. The Hall–Kier alpha value is -3.39. The van der Waals surface area contributed by atoms with Gasteiger partial charge in [-0.05, 0) is 30.3 Å². The molecule has 0 saturated heterocycles. The molecule has 2 aromatic carbocycles. The Kier molecular flexibility index (Phi) is 6.13. The summed E-state index contributed by atoms with van der Waals surface area (Å²) in [5.41, 5.74) is 1.18. The molecule has 1 amide bonds. The van der Waals surface area contributed by atoms with Gasteiger partial charge in [0.2, 0.25) is 0 Å². The van der Waals surface area contributed by atoms with Crippen molar-refractivity contribution in [1.29, 1.82) is 0 Å². The van der Waals surface area contributed by atoms with Crippen molar-refractivity contribution in [3.05, 3.63) is 47.1 Å². The molecule has 152 valence electrons. The van der Waals surface area contributed by atoms with E-state index in [0.717, 1.165) is 0 Å². The predicted octanol–water partition coefficient (Wildman–Crippen LogP) is 3.64. The SMILES string of the molecule is COc1cc(OC)c2[nH]c(C(=O)OCC(=O)Nc3cc(Cl)ccc3OC)cc2c1. The predicted molar refractivity (Wildman–Crippen MR) is 108 cm³/mol. The van der Waals surface area contributed by atoms with Crippen LogP contribution in [0.3, 0.4) is 0 Å². The number of benzene rings is 2. The molecule has 1 heterocycles. The third-order valence-electron chi connectivity index (χ3n) is 4.11. The molecule has 3 rings (SSSR count). The number of nitrogens with one attached hydrogen (secondary N) is 2. The highest BCUT2D eigenvalue weighted by molar-refractivity contribution is 6.31. The van der Waals surface area contributed by atoms with Crippen LogP contribution in [0.15, 0.2) is 36.4 Å². The summed E-state index contributed by atoms with van der Waals surface area (Å²) >= 11 is 5.93. The average Bonchev–Trinajstić information content (AvgIpc) is 3.15. The fourth-order valence-electron chi connectivity index (χ4n) is 2.75. The van der Waals surface area contributed by atoms with Crippen molar-refractivity contribution < 1.29 is 28.5 Å². The quantitative estimate of drug-likeness (QED) is 0.568. The van der Waals surface area contributed by atoms with Gasteiger partial charge in [-0.2, -0.15) is 0 Å². The van der Waals surface area contributed by atoms with Gasteiger partial charge in [0.15, 0.2) is 6.61 Å². The monoisotopic (exact) mass is 418 g/mol. The summed E-state index contributed by atoms with van der Waals surface area (Å²) < 4.78 is 20.8. The third kappa shape index (κ3) is 4.55. The van der Waals surface area contributed by atoms with Gasteiger partial charge in [-0.25, -0.2) is 4.79 Å². The van der Waals surface area contributed by atoms with Crippen molar-refractivity contribution >= 4 is 40.1 Å². The van der Waals surface area contributed by atoms with Crippen LogP contribution >= 0.6 is 11.6 Å². The molecule has 0 bridgehead atoms. The summed E-state index contributed by atoms with van der Waals surface area (Å²) in [7, 11) is 4.52. The van der Waals surface area contributed by atoms with Crippen LogP contribution in [0, 0.1) is 0 Å². The van der Waals surface area contributed by atoms with E-state index in [9.17, 15) is 9.59 Å². The number of esters is 1. The van der Waals surface area contributed by atoms with E-state index >= 15 is 0 Å². The van der Waals surface area contributed by atoms with Crippen LogP contribution in [0.4, 0.5) is 5.69 Å². The largest absolute Gasteiger partial charge is 0.497 e. The number of methoxy groups -OCH3 is 3. The standard InChI is InChI=1S/C20H19ClN2O6/c1-26-13-6-11-7-15(23-19(11)17(9-13)28-3)20(25)29-10-18(24)22-14-8-12(21)4-5-16(14)27-2/h4-9,23H,10H2,1-3H3,(H,22,24). The van der Waals surface area contributed by atoms with Crippen molar-refractivity contribution in [2.75, 3.05) is 33.3 Å². The zero-order valence-electron chi connectivity index (χ0n) is 16.0. The zero-order chi connectivity index (χ0) is 21.0. The highest BCUT2D eigenvalue weighted by Gasteiger charge is 2.17. The second kappa shape index (κ2) is 8.74. The summed E-state index contributed by atoms with van der Waals surface area (Å²) in [5.74, 6) is 0.322. The molecule has 8 nitrogen and oxygen atoms in total. The van der Waals surface area contributed by atoms with Crippen LogP contribution in [0.25, 0.3) is 10.9 Å². The minimum Gasteiger partial charge on any atom is -0.497 e. The molecule has 0 atom stereocenters. The molecule has 0 fully saturated rings. The number of hydrogen-bond donors (Lipinski definition) is 2. The molecule has 0 aliphatic rings. The fourth-order valence-corrected chi connectivity index (χ4v) is 2.92. The Balaban J connectivity index is 1.69. The van der Waals surface area contributed by atoms with E-state index in [4.69, 9.17) is 30.5 Å². The maximum Gasteiger partial charge on any atom is 0.355 e. The number of H-pyrrole nitrogens is 1. The lowest BCUT2D eigenvalue weighted by Crippen LogP contribution is -2.21. The first-order valence-corrected chi connectivity index (χ1v) is 8.88. The van der Waals surface area contributed by atoms with Gasteiger partial charge in [-0.3, -0.25) is 4.79 Å². The van der Waals surface area contributed by atoms with Gasteiger partial charge in [0.25, 0.3) is 5.91 Å². The number of hydrogen-bond acceptors (Lipinski definition) is 6. The van der Waals surface area contributed by atoms with E-state index < -0.39 is 18.5 Å². The summed E-state index contributed by atoms with van der Waals surface area (Å²) in [6.45, 7) is -0.482. The fraction of sp³-hybridized carbons (Fsp3) is 0.200. The minimum absolute atomic E-state index is 0.180. The second-order valence-corrected chi connectivity index (χ2v) is 6.38. The number of anilines is 1. The highest BCUT2D eigenvalue weighted by Crippen LogP contribution is 2.31. The summed E-state index contributed by atoms with van der Waals surface area (Å²) in [4.78, 5) is 27.4. The van der Waals surface area contributed by atoms with Crippen molar-refractivity contribution in [2.24, 2.45) is 0 Å². The van der Waals surface area contributed by atoms with Gasteiger partial charge < -0.3 is 29.2 Å². The Morgan fingerprint density at radius 3 is 2.45 bits per heavy atom. The van der Waals surface area contributed by atoms with E-state index in [1.807, 2.05) is 0 Å². The first-order valence-electron chi connectivity index (χ1n) is 8.50. The molecular formula is C20H19ClN2O6.